The van der Waals surface area contributed by atoms with E-state index in [0.29, 0.717) is 18.0 Å². The van der Waals surface area contributed by atoms with Gasteiger partial charge in [-0.1, -0.05) is 86.6 Å². The lowest BCUT2D eigenvalue weighted by molar-refractivity contribution is -0.139. The van der Waals surface area contributed by atoms with Gasteiger partial charge in [0.15, 0.2) is 0 Å². The van der Waals surface area contributed by atoms with Gasteiger partial charge in [0.1, 0.15) is 23.7 Å². The highest BCUT2D eigenvalue weighted by Crippen LogP contribution is 2.50. The molecule has 1 unspecified atom stereocenters. The number of alkyl carbamates (subject to hydrolysis) is 2. The van der Waals surface area contributed by atoms with Crippen molar-refractivity contribution in [2.24, 2.45) is 11.8 Å². The van der Waals surface area contributed by atoms with E-state index in [9.17, 15) is 19.2 Å². The third-order valence-corrected chi connectivity index (χ3v) is 12.8. The van der Waals surface area contributed by atoms with Crippen LogP contribution in [0.1, 0.15) is 81.3 Å². The molecule has 6 aromatic rings. The number of hydrogen-bond acceptors (Lipinski definition) is 8. The van der Waals surface area contributed by atoms with E-state index in [4.69, 9.17) is 19.4 Å². The Morgan fingerprint density at radius 2 is 1.52 bits per heavy atom. The summed E-state index contributed by atoms with van der Waals surface area (Å²) in [5.74, 6) is 1.37. The van der Waals surface area contributed by atoms with Crippen molar-refractivity contribution >= 4 is 45.8 Å². The molecule has 1 saturated carbocycles. The van der Waals surface area contributed by atoms with Gasteiger partial charge in [0, 0.05) is 18.0 Å². The number of rotatable bonds is 10. The first-order valence-corrected chi connectivity index (χ1v) is 21.1. The second-order valence-electron chi connectivity index (χ2n) is 16.7. The Bertz CT molecular complexity index is 2600. The maximum absolute atomic E-state index is 14.1. The molecule has 4 heterocycles. The zero-order chi connectivity index (χ0) is 42.4. The van der Waals surface area contributed by atoms with Crippen LogP contribution in [-0.4, -0.2) is 86.6 Å². The van der Waals surface area contributed by atoms with Crippen LogP contribution in [0.4, 0.5) is 9.59 Å². The van der Waals surface area contributed by atoms with Crippen LogP contribution in [0, 0.1) is 11.8 Å². The molecular formula is C47H50N8O6. The van der Waals surface area contributed by atoms with Gasteiger partial charge in [0.25, 0.3) is 5.91 Å². The quantitative estimate of drug-likeness (QED) is 0.108. The van der Waals surface area contributed by atoms with Gasteiger partial charge in [0.05, 0.1) is 49.2 Å². The smallest absolute Gasteiger partial charge is 0.407 e. The summed E-state index contributed by atoms with van der Waals surface area (Å²) < 4.78 is 9.69. The normalized spacial score (nSPS) is 20.6. The maximum atomic E-state index is 14.1. The molecule has 4 aromatic carbocycles. The van der Waals surface area contributed by atoms with E-state index < -0.39 is 24.3 Å². The third-order valence-electron chi connectivity index (χ3n) is 12.8. The van der Waals surface area contributed by atoms with Gasteiger partial charge in [-0.15, -0.1) is 0 Å². The largest absolute Gasteiger partial charge is 0.453 e. The summed E-state index contributed by atoms with van der Waals surface area (Å²) in [6, 6.07) is 26.2. The lowest BCUT2D eigenvalue weighted by Crippen LogP contribution is -2.54. The molecule has 61 heavy (non-hydrogen) atoms. The summed E-state index contributed by atoms with van der Waals surface area (Å²) in [6.45, 7) is 4.40. The lowest BCUT2D eigenvalue weighted by atomic mass is 9.95. The standard InChI is InChI=1S/C47H50N8O6/c1-26(2)38(52-46(58)60-3)45(57)55-33-19-16-32(24-33)41(55)43-48-25-36(50-43)28-14-12-27(13-15-28)30-17-20-34-31(23-30)18-21-35-40(34)51-42(49-35)37-11-8-22-54(37)44(56)39(53-47(59)61-4)29-9-6-5-7-10-29/h5-7,9-10,12-15,17-18,20-21,23,25-26,32-33,37-39,41H,8,11,16,19,22,24H2,1-4H3,(H,48,50)(H,49,51)(H,52,58)(H,53,59)/t32-,33+,37-,38-,39+,41?/m0/s1. The minimum Gasteiger partial charge on any atom is -0.453 e. The minimum atomic E-state index is -0.888. The number of ether oxygens (including phenoxy) is 2. The number of piperidine rings is 1. The van der Waals surface area contributed by atoms with Crippen molar-refractivity contribution in [3.63, 3.8) is 0 Å². The third kappa shape index (κ3) is 7.44. The monoisotopic (exact) mass is 822 g/mol. The van der Waals surface area contributed by atoms with Crippen molar-refractivity contribution in [2.45, 2.75) is 76.2 Å². The van der Waals surface area contributed by atoms with Crippen LogP contribution in [0.2, 0.25) is 0 Å². The van der Waals surface area contributed by atoms with Crippen LogP contribution < -0.4 is 10.6 Å². The first-order valence-electron chi connectivity index (χ1n) is 21.1. The van der Waals surface area contributed by atoms with Crippen molar-refractivity contribution in [3.8, 4) is 22.4 Å². The van der Waals surface area contributed by atoms with Gasteiger partial charge < -0.3 is 39.9 Å². The van der Waals surface area contributed by atoms with E-state index in [0.717, 1.165) is 87.9 Å². The van der Waals surface area contributed by atoms with E-state index in [2.05, 4.69) is 69.1 Å². The Balaban J connectivity index is 0.927. The molecule has 14 nitrogen and oxygen atoms in total. The molecule has 4 N–H and O–H groups in total. The molecule has 3 aliphatic rings. The number of likely N-dealkylation sites (tertiary alicyclic amines) is 2. The van der Waals surface area contributed by atoms with Crippen molar-refractivity contribution < 1.29 is 28.7 Å². The fourth-order valence-corrected chi connectivity index (χ4v) is 9.74. The number of methoxy groups -OCH3 is 2. The fraction of sp³-hybridized carbons (Fsp3) is 0.362. The van der Waals surface area contributed by atoms with Gasteiger partial charge in [-0.25, -0.2) is 19.6 Å². The number of aromatic nitrogens is 4. The minimum absolute atomic E-state index is 0.0974. The van der Waals surface area contributed by atoms with Crippen LogP contribution in [0.5, 0.6) is 0 Å². The van der Waals surface area contributed by atoms with Crippen molar-refractivity contribution in [3.05, 3.63) is 108 Å². The predicted octanol–water partition coefficient (Wildman–Crippen LogP) is 7.97. The summed E-state index contributed by atoms with van der Waals surface area (Å²) in [4.78, 5) is 73.2. The van der Waals surface area contributed by atoms with Crippen molar-refractivity contribution in [2.75, 3.05) is 20.8 Å². The highest BCUT2D eigenvalue weighted by atomic mass is 16.5. The highest BCUT2D eigenvalue weighted by Gasteiger charge is 2.51. The number of nitrogens with one attached hydrogen (secondary N) is 4. The van der Waals surface area contributed by atoms with Crippen LogP contribution in [0.3, 0.4) is 0 Å². The Morgan fingerprint density at radius 1 is 0.787 bits per heavy atom. The summed E-state index contributed by atoms with van der Waals surface area (Å²) in [7, 11) is 2.59. The van der Waals surface area contributed by atoms with Crippen LogP contribution in [0.25, 0.3) is 44.2 Å². The van der Waals surface area contributed by atoms with E-state index in [1.807, 2.05) is 66.2 Å². The Hall–Kier alpha value is -6.70. The van der Waals surface area contributed by atoms with Gasteiger partial charge >= 0.3 is 12.2 Å². The van der Waals surface area contributed by atoms with E-state index >= 15 is 0 Å². The Labute approximate surface area is 353 Å². The van der Waals surface area contributed by atoms with Crippen LogP contribution in [-0.2, 0) is 19.1 Å². The zero-order valence-corrected chi connectivity index (χ0v) is 34.7. The molecule has 2 saturated heterocycles. The number of hydrogen-bond donors (Lipinski definition) is 4. The average molecular weight is 823 g/mol. The number of carbonyl (C=O) groups is 4. The van der Waals surface area contributed by atoms with Gasteiger partial charge in [-0.05, 0) is 83.7 Å². The Kier molecular flexibility index (Phi) is 10.7. The maximum Gasteiger partial charge on any atom is 0.407 e. The molecule has 0 spiro atoms. The molecule has 0 radical (unpaired) electrons. The van der Waals surface area contributed by atoms with E-state index in [1.165, 1.54) is 14.2 Å². The molecule has 4 amide bonds. The SMILES string of the molecule is COC(=O)N[C@H](C(=O)N1C(c2ncc(-c3ccc(-c4ccc5c(ccc6[nH]c([C@@H]7CCCN7C(=O)[C@H](NC(=O)OC)c7ccccc7)nc65)c4)cc3)[nH]2)[C@H]2CC[C@@H]1C2)C(C)C. The predicted molar refractivity (Wildman–Crippen MR) is 230 cm³/mol. The molecule has 2 aromatic heterocycles. The lowest BCUT2D eigenvalue weighted by Gasteiger charge is -2.37. The van der Waals surface area contributed by atoms with Gasteiger partial charge in [-0.2, -0.15) is 0 Å². The zero-order valence-electron chi connectivity index (χ0n) is 34.7. The molecule has 3 fully saturated rings. The number of amides is 4. The molecule has 6 atom stereocenters. The average Bonchev–Trinajstić information content (AvgIpc) is 4.15. The topological polar surface area (TPSA) is 175 Å². The molecule has 1 aliphatic carbocycles. The second-order valence-corrected chi connectivity index (χ2v) is 16.7. The summed E-state index contributed by atoms with van der Waals surface area (Å²) >= 11 is 0. The number of aromatic amines is 2. The number of nitrogens with zero attached hydrogens (tertiary/aromatic N) is 4. The number of H-pyrrole nitrogens is 2. The summed E-state index contributed by atoms with van der Waals surface area (Å²) in [5, 5.41) is 7.54. The van der Waals surface area contributed by atoms with Crippen LogP contribution in [0.15, 0.2) is 91.1 Å². The van der Waals surface area contributed by atoms with Crippen LogP contribution >= 0.6 is 0 Å². The first kappa shape index (κ1) is 39.7. The molecule has 9 rings (SSSR count). The summed E-state index contributed by atoms with van der Waals surface area (Å²) in [6.07, 6.45) is 5.03. The van der Waals surface area contributed by atoms with Crippen molar-refractivity contribution in [1.82, 2.24) is 40.4 Å². The number of benzene rings is 4. The highest BCUT2D eigenvalue weighted by molar-refractivity contribution is 6.05. The van der Waals surface area contributed by atoms with Crippen molar-refractivity contribution in [1.29, 1.82) is 0 Å². The number of fused-ring (bicyclic) bond motifs is 5. The van der Waals surface area contributed by atoms with Gasteiger partial charge in [0.2, 0.25) is 5.91 Å². The number of imidazole rings is 2. The van der Waals surface area contributed by atoms with E-state index in [-0.39, 0.29) is 35.9 Å². The second kappa shape index (κ2) is 16.4. The first-order chi connectivity index (χ1) is 29.6. The fourth-order valence-electron chi connectivity index (χ4n) is 9.74. The summed E-state index contributed by atoms with van der Waals surface area (Å²) in [5.41, 5.74) is 6.39. The Morgan fingerprint density at radius 3 is 2.28 bits per heavy atom. The van der Waals surface area contributed by atoms with E-state index in [1.54, 1.807) is 0 Å². The molecular weight excluding hydrogens is 773 g/mol. The molecule has 14 heteroatoms. The molecule has 314 valence electrons. The number of carbonyl (C=O) groups excluding carboxylic acids is 4. The molecule has 2 bridgehead atoms. The molecule has 2 aliphatic heterocycles. The van der Waals surface area contributed by atoms with Gasteiger partial charge in [-0.3, -0.25) is 9.59 Å².